The second-order valence-corrected chi connectivity index (χ2v) is 13.6. The maximum absolute atomic E-state index is 7.03. The molecule has 1 aliphatic rings. The van der Waals surface area contributed by atoms with Crippen molar-refractivity contribution in [1.29, 1.82) is 0 Å². The second-order valence-electron chi connectivity index (χ2n) is 8.22. The number of unbranched alkanes of at least 4 members (excludes halogenated alkanes) is 2. The summed E-state index contributed by atoms with van der Waals surface area (Å²) in [4.78, 5) is 0. The highest BCUT2D eigenvalue weighted by Crippen LogP contribution is 2.46. The van der Waals surface area contributed by atoms with E-state index in [0.29, 0.717) is 28.6 Å². The van der Waals surface area contributed by atoms with Gasteiger partial charge < -0.3 is 4.43 Å². The van der Waals surface area contributed by atoms with Gasteiger partial charge in [0.2, 0.25) is 8.32 Å². The molecular weight excluding hydrogens is 284 g/mol. The zero-order chi connectivity index (χ0) is 16.9. The van der Waals surface area contributed by atoms with Gasteiger partial charge in [-0.25, -0.2) is 0 Å². The molecule has 22 heavy (non-hydrogen) atoms. The first-order chi connectivity index (χ1) is 10.3. The number of hydrogen-bond acceptors (Lipinski definition) is 1. The lowest BCUT2D eigenvalue weighted by Gasteiger charge is -2.45. The van der Waals surface area contributed by atoms with Gasteiger partial charge in [-0.15, -0.1) is 0 Å². The minimum absolute atomic E-state index is 0.465. The van der Waals surface area contributed by atoms with Gasteiger partial charge in [0, 0.05) is 5.92 Å². The molecule has 130 valence electrons. The summed E-state index contributed by atoms with van der Waals surface area (Å²) in [6, 6.07) is 0. The van der Waals surface area contributed by atoms with Crippen molar-refractivity contribution in [3.05, 3.63) is 11.6 Å². The van der Waals surface area contributed by atoms with Gasteiger partial charge in [-0.2, -0.15) is 0 Å². The van der Waals surface area contributed by atoms with Crippen molar-refractivity contribution in [3.8, 4) is 0 Å². The van der Waals surface area contributed by atoms with E-state index in [9.17, 15) is 0 Å². The van der Waals surface area contributed by atoms with Crippen molar-refractivity contribution in [3.63, 3.8) is 0 Å². The summed E-state index contributed by atoms with van der Waals surface area (Å²) < 4.78 is 7.03. The van der Waals surface area contributed by atoms with Crippen LogP contribution in [0, 0.1) is 5.92 Å². The van der Waals surface area contributed by atoms with E-state index >= 15 is 0 Å². The Balaban J connectivity index is 2.86. The molecule has 0 N–H and O–H groups in total. The molecule has 0 heterocycles. The molecule has 0 aromatic carbocycles. The molecular formula is C20H40OSi. The Morgan fingerprint density at radius 3 is 2.09 bits per heavy atom. The Labute approximate surface area is 141 Å². The zero-order valence-electron chi connectivity index (χ0n) is 16.4. The zero-order valence-corrected chi connectivity index (χ0v) is 17.4. The Kier molecular flexibility index (Phi) is 7.88. The van der Waals surface area contributed by atoms with Gasteiger partial charge in [-0.05, 0) is 35.9 Å². The van der Waals surface area contributed by atoms with Crippen LogP contribution in [-0.2, 0) is 4.43 Å². The average molecular weight is 325 g/mol. The van der Waals surface area contributed by atoms with E-state index in [1.165, 1.54) is 32.1 Å². The SMILES string of the molecule is CCCCC=C1CCC(O[Si](C(C)C)(C(C)C)C(C)C)C1C. The van der Waals surface area contributed by atoms with Gasteiger partial charge in [0.1, 0.15) is 0 Å². The lowest BCUT2D eigenvalue weighted by Crippen LogP contribution is -2.50. The minimum Gasteiger partial charge on any atom is -0.413 e. The van der Waals surface area contributed by atoms with Crippen molar-refractivity contribution in [2.24, 2.45) is 5.92 Å². The van der Waals surface area contributed by atoms with Crippen LogP contribution in [0.4, 0.5) is 0 Å². The molecule has 1 saturated carbocycles. The maximum atomic E-state index is 7.03. The molecule has 0 spiro atoms. The van der Waals surface area contributed by atoms with E-state index in [2.05, 4.69) is 61.5 Å². The normalized spacial score (nSPS) is 25.1. The van der Waals surface area contributed by atoms with E-state index in [4.69, 9.17) is 4.43 Å². The molecule has 2 heteroatoms. The molecule has 1 rings (SSSR count). The van der Waals surface area contributed by atoms with Crippen LogP contribution < -0.4 is 0 Å². The summed E-state index contributed by atoms with van der Waals surface area (Å²) in [5.41, 5.74) is 3.73. The van der Waals surface area contributed by atoms with Gasteiger partial charge >= 0.3 is 0 Å². The van der Waals surface area contributed by atoms with Crippen LogP contribution in [0.3, 0.4) is 0 Å². The van der Waals surface area contributed by atoms with Crippen LogP contribution in [-0.4, -0.2) is 14.4 Å². The molecule has 2 atom stereocenters. The van der Waals surface area contributed by atoms with Crippen molar-refractivity contribution >= 4 is 8.32 Å². The Morgan fingerprint density at radius 1 is 1.09 bits per heavy atom. The highest BCUT2D eigenvalue weighted by molar-refractivity contribution is 6.77. The predicted octanol–water partition coefficient (Wildman–Crippen LogP) is 7.09. The molecule has 0 aliphatic heterocycles. The second kappa shape index (κ2) is 8.68. The van der Waals surface area contributed by atoms with Crippen LogP contribution in [0.2, 0.25) is 16.6 Å². The maximum Gasteiger partial charge on any atom is 0.200 e. The molecule has 1 fully saturated rings. The molecule has 1 nitrogen and oxygen atoms in total. The molecule has 0 bridgehead atoms. The Hall–Kier alpha value is -0.0831. The smallest absolute Gasteiger partial charge is 0.200 e. The summed E-state index contributed by atoms with van der Waals surface area (Å²) in [6.45, 7) is 19.0. The van der Waals surface area contributed by atoms with Crippen LogP contribution >= 0.6 is 0 Å². The molecule has 0 saturated heterocycles. The van der Waals surface area contributed by atoms with E-state index in [1.807, 2.05) is 0 Å². The average Bonchev–Trinajstić information content (AvgIpc) is 2.76. The van der Waals surface area contributed by atoms with Crippen LogP contribution in [0.15, 0.2) is 11.6 Å². The van der Waals surface area contributed by atoms with E-state index in [-0.39, 0.29) is 0 Å². The fourth-order valence-electron chi connectivity index (χ4n) is 4.64. The Bertz CT molecular complexity index is 335. The van der Waals surface area contributed by atoms with Crippen molar-refractivity contribution in [2.75, 3.05) is 0 Å². The lowest BCUT2D eigenvalue weighted by atomic mass is 10.0. The molecule has 0 aromatic rings. The van der Waals surface area contributed by atoms with E-state index in [1.54, 1.807) is 5.57 Å². The van der Waals surface area contributed by atoms with E-state index < -0.39 is 8.32 Å². The predicted molar refractivity (Wildman–Crippen MR) is 102 cm³/mol. The Morgan fingerprint density at radius 2 is 1.64 bits per heavy atom. The summed E-state index contributed by atoms with van der Waals surface area (Å²) >= 11 is 0. The number of allylic oxidation sites excluding steroid dienone is 1. The molecule has 0 aromatic heterocycles. The third-order valence-electron chi connectivity index (χ3n) is 5.89. The van der Waals surface area contributed by atoms with E-state index in [0.717, 1.165) is 0 Å². The topological polar surface area (TPSA) is 9.23 Å². The molecule has 0 radical (unpaired) electrons. The molecule has 2 unspecified atom stereocenters. The van der Waals surface area contributed by atoms with Gasteiger partial charge in [-0.3, -0.25) is 0 Å². The fourth-order valence-corrected chi connectivity index (χ4v) is 10.3. The summed E-state index contributed by atoms with van der Waals surface area (Å²) in [6.07, 6.45) is 9.35. The monoisotopic (exact) mass is 324 g/mol. The minimum atomic E-state index is -1.73. The quantitative estimate of drug-likeness (QED) is 0.263. The standard InChI is InChI=1S/C20H40OSi/c1-9-10-11-12-19-13-14-20(18(19)8)21-22(15(2)3,16(4)5)17(6)7/h12,15-18,20H,9-11,13-14H2,1-8H3. The summed E-state index contributed by atoms with van der Waals surface area (Å²) in [5.74, 6) is 0.625. The number of rotatable bonds is 8. The highest BCUT2D eigenvalue weighted by Gasteiger charge is 2.48. The van der Waals surface area contributed by atoms with Gasteiger partial charge in [0.25, 0.3) is 0 Å². The van der Waals surface area contributed by atoms with Crippen molar-refractivity contribution in [1.82, 2.24) is 0 Å². The molecule has 0 amide bonds. The first kappa shape index (κ1) is 20.0. The van der Waals surface area contributed by atoms with Crippen LogP contribution in [0.1, 0.15) is 87.5 Å². The highest BCUT2D eigenvalue weighted by atomic mass is 28.4. The number of hydrogen-bond donors (Lipinski definition) is 0. The summed E-state index contributed by atoms with van der Waals surface area (Å²) in [7, 11) is -1.73. The third-order valence-corrected chi connectivity index (χ3v) is 12.0. The lowest BCUT2D eigenvalue weighted by molar-refractivity contribution is 0.149. The van der Waals surface area contributed by atoms with Crippen molar-refractivity contribution in [2.45, 2.75) is 110 Å². The summed E-state index contributed by atoms with van der Waals surface area (Å²) in [5, 5.41) is 0. The largest absolute Gasteiger partial charge is 0.413 e. The fraction of sp³-hybridized carbons (Fsp3) is 0.900. The van der Waals surface area contributed by atoms with Gasteiger partial charge in [0.05, 0.1) is 6.10 Å². The molecule has 1 aliphatic carbocycles. The van der Waals surface area contributed by atoms with Crippen molar-refractivity contribution < 1.29 is 4.43 Å². The van der Waals surface area contributed by atoms with Crippen LogP contribution in [0.25, 0.3) is 0 Å². The van der Waals surface area contributed by atoms with Gasteiger partial charge in [0.15, 0.2) is 0 Å². The first-order valence-electron chi connectivity index (χ1n) is 9.64. The van der Waals surface area contributed by atoms with Crippen LogP contribution in [0.5, 0.6) is 0 Å². The van der Waals surface area contributed by atoms with Gasteiger partial charge in [-0.1, -0.05) is 79.9 Å². The first-order valence-corrected chi connectivity index (χ1v) is 11.8. The third kappa shape index (κ3) is 4.26.